The van der Waals surface area contributed by atoms with Gasteiger partial charge in [0, 0.05) is 29.7 Å². The minimum absolute atomic E-state index is 0.00654. The van der Waals surface area contributed by atoms with Gasteiger partial charge >= 0.3 is 0 Å². The zero-order valence-electron chi connectivity index (χ0n) is 15.0. The van der Waals surface area contributed by atoms with Crippen LogP contribution in [0.2, 0.25) is 0 Å². The molecule has 5 nitrogen and oxygen atoms in total. The molecule has 0 atom stereocenters. The fourth-order valence-electron chi connectivity index (χ4n) is 3.25. The van der Waals surface area contributed by atoms with Crippen LogP contribution in [0.1, 0.15) is 11.1 Å². The topological polar surface area (TPSA) is 54.3 Å². The third-order valence-corrected chi connectivity index (χ3v) is 4.99. The summed E-state index contributed by atoms with van der Waals surface area (Å²) in [4.78, 5) is 26.7. The number of amides is 2. The fourth-order valence-corrected chi connectivity index (χ4v) is 3.49. The second-order valence-electron chi connectivity index (χ2n) is 6.55. The molecule has 3 aromatic rings. The summed E-state index contributed by atoms with van der Waals surface area (Å²) in [5.74, 6) is -1.37. The van der Waals surface area contributed by atoms with E-state index in [2.05, 4.69) is 5.32 Å². The third-order valence-electron chi connectivity index (χ3n) is 4.67. The summed E-state index contributed by atoms with van der Waals surface area (Å²) in [6, 6.07) is 13.5. The Hall–Kier alpha value is -3.32. The van der Waals surface area contributed by atoms with Crippen molar-refractivity contribution >= 4 is 46.1 Å². The summed E-state index contributed by atoms with van der Waals surface area (Å²) in [5.41, 5.74) is 2.48. The molecule has 0 spiro atoms. The molecule has 1 fully saturated rings. The van der Waals surface area contributed by atoms with Gasteiger partial charge in [-0.05, 0) is 42.1 Å². The van der Waals surface area contributed by atoms with Crippen molar-refractivity contribution in [3.8, 4) is 0 Å². The largest absolute Gasteiger partial charge is 0.350 e. The molecular formula is C21H16FN3O2S. The molecule has 2 heterocycles. The zero-order chi connectivity index (χ0) is 19.8. The van der Waals surface area contributed by atoms with Crippen LogP contribution >= 0.6 is 12.2 Å². The third kappa shape index (κ3) is 3.20. The molecule has 1 N–H and O–H groups in total. The van der Waals surface area contributed by atoms with Crippen molar-refractivity contribution < 1.29 is 14.0 Å². The van der Waals surface area contributed by atoms with Crippen LogP contribution in [0.5, 0.6) is 0 Å². The lowest BCUT2D eigenvalue weighted by Crippen LogP contribution is -2.53. The van der Waals surface area contributed by atoms with Crippen LogP contribution in [0.15, 0.2) is 60.3 Å². The Bertz CT molecular complexity index is 1150. The lowest BCUT2D eigenvalue weighted by molar-refractivity contribution is -0.129. The van der Waals surface area contributed by atoms with Gasteiger partial charge < -0.3 is 4.57 Å². The van der Waals surface area contributed by atoms with Crippen molar-refractivity contribution in [1.82, 2.24) is 14.8 Å². The maximum absolute atomic E-state index is 13.1. The van der Waals surface area contributed by atoms with Gasteiger partial charge in [-0.25, -0.2) is 4.39 Å². The number of nitrogens with zero attached hydrogens (tertiary/aromatic N) is 2. The average molecular weight is 393 g/mol. The molecular weight excluding hydrogens is 377 g/mol. The van der Waals surface area contributed by atoms with Gasteiger partial charge in [-0.2, -0.15) is 0 Å². The van der Waals surface area contributed by atoms with E-state index in [-0.39, 0.29) is 23.0 Å². The predicted molar refractivity (Wildman–Crippen MR) is 109 cm³/mol. The second kappa shape index (κ2) is 7.01. The normalized spacial score (nSPS) is 16.1. The highest BCUT2D eigenvalue weighted by Gasteiger charge is 2.33. The van der Waals surface area contributed by atoms with Crippen LogP contribution in [0.4, 0.5) is 4.39 Å². The standard InChI is InChI=1S/C21H16FN3O2S/c1-24-12-14(16-4-2-3-5-18(16)24)10-17-19(26)23-21(28)25(20(17)27)11-13-6-8-15(22)9-7-13/h2-10,12H,11H2,1H3,(H,23,26,28)/b17-10+. The molecule has 1 aliphatic heterocycles. The predicted octanol–water partition coefficient (Wildman–Crippen LogP) is 3.14. The first-order valence-electron chi connectivity index (χ1n) is 8.61. The van der Waals surface area contributed by atoms with E-state index in [4.69, 9.17) is 12.2 Å². The number of aromatic nitrogens is 1. The van der Waals surface area contributed by atoms with Crippen molar-refractivity contribution in [2.45, 2.75) is 6.54 Å². The Balaban J connectivity index is 1.70. The maximum Gasteiger partial charge on any atom is 0.265 e. The van der Waals surface area contributed by atoms with Crippen molar-refractivity contribution in [1.29, 1.82) is 0 Å². The smallest absolute Gasteiger partial charge is 0.265 e. The molecule has 140 valence electrons. The average Bonchev–Trinajstić information content (AvgIpc) is 3.00. The maximum atomic E-state index is 13.1. The lowest BCUT2D eigenvalue weighted by Gasteiger charge is -2.29. The number of thiocarbonyl (C=S) groups is 1. The Morgan fingerprint density at radius 1 is 1.11 bits per heavy atom. The molecule has 0 unspecified atom stereocenters. The van der Waals surface area contributed by atoms with Gasteiger partial charge in [0.1, 0.15) is 11.4 Å². The summed E-state index contributed by atoms with van der Waals surface area (Å²) in [7, 11) is 1.91. The number of fused-ring (bicyclic) bond motifs is 1. The van der Waals surface area contributed by atoms with Crippen molar-refractivity contribution in [3.63, 3.8) is 0 Å². The summed E-state index contributed by atoms with van der Waals surface area (Å²) in [5, 5.41) is 3.54. The van der Waals surface area contributed by atoms with Crippen LogP contribution in [0.25, 0.3) is 17.0 Å². The van der Waals surface area contributed by atoms with Crippen LogP contribution < -0.4 is 5.32 Å². The van der Waals surface area contributed by atoms with Gasteiger partial charge in [-0.3, -0.25) is 19.8 Å². The molecule has 7 heteroatoms. The van der Waals surface area contributed by atoms with Crippen LogP contribution in [0, 0.1) is 5.82 Å². The molecule has 0 radical (unpaired) electrons. The number of benzene rings is 2. The van der Waals surface area contributed by atoms with Gasteiger partial charge in [0.2, 0.25) is 0 Å². The molecule has 1 aromatic heterocycles. The summed E-state index contributed by atoms with van der Waals surface area (Å²) < 4.78 is 15.1. The molecule has 2 aromatic carbocycles. The van der Waals surface area contributed by atoms with Gasteiger partial charge in [0.05, 0.1) is 6.54 Å². The molecule has 2 amide bonds. The van der Waals surface area contributed by atoms with E-state index < -0.39 is 11.8 Å². The molecule has 28 heavy (non-hydrogen) atoms. The zero-order valence-corrected chi connectivity index (χ0v) is 15.8. The first-order chi connectivity index (χ1) is 13.4. The number of para-hydroxylation sites is 1. The highest BCUT2D eigenvalue weighted by molar-refractivity contribution is 7.80. The van der Waals surface area contributed by atoms with E-state index in [9.17, 15) is 14.0 Å². The summed E-state index contributed by atoms with van der Waals surface area (Å²) in [6.07, 6.45) is 3.45. The number of hydrogen-bond acceptors (Lipinski definition) is 3. The van der Waals surface area contributed by atoms with Gasteiger partial charge in [0.15, 0.2) is 5.11 Å². The highest BCUT2D eigenvalue weighted by atomic mass is 32.1. The quantitative estimate of drug-likeness (QED) is 0.423. The number of carbonyl (C=O) groups excluding carboxylic acids is 2. The minimum atomic E-state index is -0.529. The molecule has 0 bridgehead atoms. The number of halogens is 1. The number of carbonyl (C=O) groups is 2. The first-order valence-corrected chi connectivity index (χ1v) is 9.02. The minimum Gasteiger partial charge on any atom is -0.350 e. The van der Waals surface area contributed by atoms with E-state index >= 15 is 0 Å². The Morgan fingerprint density at radius 2 is 1.82 bits per heavy atom. The van der Waals surface area contributed by atoms with E-state index in [1.54, 1.807) is 18.2 Å². The second-order valence-corrected chi connectivity index (χ2v) is 6.93. The first kappa shape index (κ1) is 18.1. The van der Waals surface area contributed by atoms with Crippen molar-refractivity contribution in [2.24, 2.45) is 7.05 Å². The Kier molecular flexibility index (Phi) is 4.52. The van der Waals surface area contributed by atoms with Gasteiger partial charge in [-0.15, -0.1) is 0 Å². The number of rotatable bonds is 3. The van der Waals surface area contributed by atoms with Crippen LogP contribution in [0.3, 0.4) is 0 Å². The van der Waals surface area contributed by atoms with Gasteiger partial charge in [0.25, 0.3) is 11.8 Å². The molecule has 1 saturated heterocycles. The summed E-state index contributed by atoms with van der Waals surface area (Å²) >= 11 is 5.17. The SMILES string of the molecule is Cn1cc(/C=C2\C(=O)NC(=S)N(Cc3ccc(F)cc3)C2=O)c2ccccc21. The van der Waals surface area contributed by atoms with E-state index in [0.717, 1.165) is 16.5 Å². The lowest BCUT2D eigenvalue weighted by atomic mass is 10.1. The molecule has 4 rings (SSSR count). The molecule has 0 saturated carbocycles. The van der Waals surface area contributed by atoms with E-state index in [1.165, 1.54) is 17.0 Å². The van der Waals surface area contributed by atoms with E-state index in [1.807, 2.05) is 42.1 Å². The van der Waals surface area contributed by atoms with Crippen LogP contribution in [-0.2, 0) is 23.2 Å². The molecule has 1 aliphatic rings. The number of aryl methyl sites for hydroxylation is 1. The van der Waals surface area contributed by atoms with Crippen molar-refractivity contribution in [3.05, 3.63) is 77.2 Å². The van der Waals surface area contributed by atoms with Gasteiger partial charge in [-0.1, -0.05) is 30.3 Å². The van der Waals surface area contributed by atoms with Crippen LogP contribution in [-0.4, -0.2) is 26.4 Å². The Morgan fingerprint density at radius 3 is 2.57 bits per heavy atom. The number of hydrogen-bond donors (Lipinski definition) is 1. The summed E-state index contributed by atoms with van der Waals surface area (Å²) in [6.45, 7) is 0.144. The Labute approximate surface area is 166 Å². The number of nitrogens with one attached hydrogen (secondary N) is 1. The van der Waals surface area contributed by atoms with Crippen molar-refractivity contribution in [2.75, 3.05) is 0 Å². The van der Waals surface area contributed by atoms with E-state index in [0.29, 0.717) is 5.56 Å². The molecule has 0 aliphatic carbocycles. The highest BCUT2D eigenvalue weighted by Crippen LogP contribution is 2.24. The monoisotopic (exact) mass is 393 g/mol. The fraction of sp³-hybridized carbons (Fsp3) is 0.0952.